The molecule has 0 spiro atoms. The largest absolute Gasteiger partial charge is 0.356 e. The average molecular weight is 402 g/mol. The number of fused-ring (bicyclic) bond motifs is 3. The number of hydrogen-bond donors (Lipinski definition) is 2. The molecule has 0 saturated heterocycles. The standard InChI is InChI=1S/C18H13BrNO3P/c19-12-5-10-16-15-3-1-2-4-17(15)20(18(16)11-12)13-6-8-14(9-7-13)24(21,22)23/h1-11H,(H2,21,22,23). The third-order valence-corrected chi connectivity index (χ3v) is 5.54. The molecule has 0 aliphatic heterocycles. The Hall–Kier alpha value is -1.91. The molecule has 0 aliphatic rings. The number of benzene rings is 3. The lowest BCUT2D eigenvalue weighted by atomic mass is 10.2. The first-order valence-corrected chi connectivity index (χ1v) is 9.71. The minimum absolute atomic E-state index is 0.0215. The van der Waals surface area contributed by atoms with Crippen LogP contribution in [-0.2, 0) is 4.57 Å². The summed E-state index contributed by atoms with van der Waals surface area (Å²) in [6.07, 6.45) is 0. The van der Waals surface area contributed by atoms with Gasteiger partial charge in [0, 0.05) is 20.9 Å². The first-order valence-electron chi connectivity index (χ1n) is 7.30. The van der Waals surface area contributed by atoms with E-state index in [1.54, 1.807) is 12.1 Å². The van der Waals surface area contributed by atoms with Crippen molar-refractivity contribution in [3.05, 3.63) is 71.2 Å². The van der Waals surface area contributed by atoms with Gasteiger partial charge < -0.3 is 14.4 Å². The second kappa shape index (κ2) is 5.57. The fourth-order valence-electron chi connectivity index (χ4n) is 3.02. The SMILES string of the molecule is O=P(O)(O)c1ccc(-n2c3ccccc3c3ccc(Br)cc32)cc1. The highest BCUT2D eigenvalue weighted by Crippen LogP contribution is 2.35. The van der Waals surface area contributed by atoms with Crippen molar-refractivity contribution in [3.63, 3.8) is 0 Å². The van der Waals surface area contributed by atoms with Gasteiger partial charge >= 0.3 is 7.60 Å². The average Bonchev–Trinajstić information content (AvgIpc) is 2.87. The van der Waals surface area contributed by atoms with E-state index in [1.165, 1.54) is 12.1 Å². The van der Waals surface area contributed by atoms with Crippen LogP contribution in [0.2, 0.25) is 0 Å². The smallest absolute Gasteiger partial charge is 0.321 e. The summed E-state index contributed by atoms with van der Waals surface area (Å²) in [4.78, 5) is 18.6. The van der Waals surface area contributed by atoms with Crippen LogP contribution in [0.4, 0.5) is 0 Å². The minimum atomic E-state index is -4.24. The molecule has 0 unspecified atom stereocenters. The maximum Gasteiger partial charge on any atom is 0.356 e. The van der Waals surface area contributed by atoms with Crippen molar-refractivity contribution >= 4 is 50.6 Å². The van der Waals surface area contributed by atoms with Crippen LogP contribution in [0.5, 0.6) is 0 Å². The number of hydrogen-bond acceptors (Lipinski definition) is 1. The Morgan fingerprint density at radius 1 is 0.833 bits per heavy atom. The van der Waals surface area contributed by atoms with Gasteiger partial charge in [-0.25, -0.2) is 0 Å². The Balaban J connectivity index is 2.04. The van der Waals surface area contributed by atoms with Gasteiger partial charge in [0.15, 0.2) is 0 Å². The molecular weight excluding hydrogens is 389 g/mol. The Bertz CT molecular complexity index is 1110. The molecule has 0 atom stereocenters. The quantitative estimate of drug-likeness (QED) is 0.490. The van der Waals surface area contributed by atoms with Crippen molar-refractivity contribution in [2.75, 3.05) is 0 Å². The highest BCUT2D eigenvalue weighted by molar-refractivity contribution is 9.10. The van der Waals surface area contributed by atoms with Gasteiger partial charge in [-0.1, -0.05) is 40.2 Å². The van der Waals surface area contributed by atoms with E-state index in [0.717, 1.165) is 32.0 Å². The maximum atomic E-state index is 11.4. The molecule has 0 fully saturated rings. The topological polar surface area (TPSA) is 62.5 Å². The first kappa shape index (κ1) is 15.6. The number of rotatable bonds is 2. The zero-order valence-electron chi connectivity index (χ0n) is 12.4. The zero-order chi connectivity index (χ0) is 16.9. The summed E-state index contributed by atoms with van der Waals surface area (Å²) in [5.41, 5.74) is 2.94. The van der Waals surface area contributed by atoms with E-state index >= 15 is 0 Å². The second-order valence-electron chi connectivity index (χ2n) is 5.57. The van der Waals surface area contributed by atoms with Crippen molar-refractivity contribution < 1.29 is 14.4 Å². The Labute approximate surface area is 146 Å². The van der Waals surface area contributed by atoms with E-state index in [4.69, 9.17) is 0 Å². The molecular formula is C18H13BrNO3P. The maximum absolute atomic E-state index is 11.4. The first-order chi connectivity index (χ1) is 11.4. The lowest BCUT2D eigenvalue weighted by Crippen LogP contribution is -2.04. The van der Waals surface area contributed by atoms with Crippen molar-refractivity contribution in [3.8, 4) is 5.69 Å². The molecule has 6 heteroatoms. The van der Waals surface area contributed by atoms with Crippen molar-refractivity contribution in [1.29, 1.82) is 0 Å². The van der Waals surface area contributed by atoms with Crippen LogP contribution in [0.1, 0.15) is 0 Å². The van der Waals surface area contributed by atoms with Gasteiger partial charge in [-0.3, -0.25) is 4.57 Å². The Morgan fingerprint density at radius 3 is 2.21 bits per heavy atom. The molecule has 1 heterocycles. The van der Waals surface area contributed by atoms with E-state index in [9.17, 15) is 14.4 Å². The van der Waals surface area contributed by atoms with E-state index in [2.05, 4.69) is 32.6 Å². The highest BCUT2D eigenvalue weighted by Gasteiger charge is 2.17. The van der Waals surface area contributed by atoms with Gasteiger partial charge in [0.25, 0.3) is 0 Å². The van der Waals surface area contributed by atoms with Crippen LogP contribution in [0.15, 0.2) is 71.2 Å². The van der Waals surface area contributed by atoms with Crippen LogP contribution < -0.4 is 5.30 Å². The lowest BCUT2D eigenvalue weighted by Gasteiger charge is -2.10. The predicted molar refractivity (Wildman–Crippen MR) is 100 cm³/mol. The fraction of sp³-hybridized carbons (Fsp3) is 0. The third-order valence-electron chi connectivity index (χ3n) is 4.08. The third kappa shape index (κ3) is 2.50. The highest BCUT2D eigenvalue weighted by atomic mass is 79.9. The molecule has 2 N–H and O–H groups in total. The number of para-hydroxylation sites is 1. The lowest BCUT2D eigenvalue weighted by molar-refractivity contribution is 0.387. The summed E-state index contributed by atoms with van der Waals surface area (Å²) >= 11 is 3.52. The monoisotopic (exact) mass is 401 g/mol. The van der Waals surface area contributed by atoms with E-state index in [0.29, 0.717) is 0 Å². The molecule has 4 rings (SSSR count). The number of aromatic nitrogens is 1. The molecule has 0 aliphatic carbocycles. The van der Waals surface area contributed by atoms with Gasteiger partial charge in [-0.2, -0.15) is 0 Å². The molecule has 0 saturated carbocycles. The Kier molecular flexibility index (Phi) is 3.62. The molecule has 120 valence electrons. The van der Waals surface area contributed by atoms with Gasteiger partial charge in [0.1, 0.15) is 0 Å². The summed E-state index contributed by atoms with van der Waals surface area (Å²) in [7, 11) is -4.24. The number of halogens is 1. The van der Waals surface area contributed by atoms with Crippen LogP contribution in [0, 0.1) is 0 Å². The second-order valence-corrected chi connectivity index (χ2v) is 8.09. The van der Waals surface area contributed by atoms with Crippen LogP contribution in [-0.4, -0.2) is 14.4 Å². The van der Waals surface area contributed by atoms with E-state index in [-0.39, 0.29) is 5.30 Å². The minimum Gasteiger partial charge on any atom is -0.321 e. The predicted octanol–water partition coefficient (Wildman–Crippen LogP) is 4.35. The molecule has 3 aromatic carbocycles. The van der Waals surface area contributed by atoms with Gasteiger partial charge in [-0.05, 0) is 42.5 Å². The molecule has 4 aromatic rings. The van der Waals surface area contributed by atoms with Crippen LogP contribution in [0.25, 0.3) is 27.5 Å². The molecule has 24 heavy (non-hydrogen) atoms. The molecule has 0 bridgehead atoms. The van der Waals surface area contributed by atoms with Crippen LogP contribution in [0.3, 0.4) is 0 Å². The molecule has 0 radical (unpaired) electrons. The van der Waals surface area contributed by atoms with Crippen molar-refractivity contribution in [1.82, 2.24) is 4.57 Å². The summed E-state index contributed by atoms with van der Waals surface area (Å²) in [6, 6.07) is 20.7. The van der Waals surface area contributed by atoms with Crippen molar-refractivity contribution in [2.45, 2.75) is 0 Å². The molecule has 1 aromatic heterocycles. The summed E-state index contributed by atoms with van der Waals surface area (Å²) in [5, 5.41) is 2.29. The normalized spacial score (nSPS) is 12.1. The van der Waals surface area contributed by atoms with E-state index in [1.807, 2.05) is 30.3 Å². The zero-order valence-corrected chi connectivity index (χ0v) is 14.9. The van der Waals surface area contributed by atoms with Gasteiger partial charge in [0.05, 0.1) is 16.3 Å². The summed E-state index contributed by atoms with van der Waals surface area (Å²) < 4.78 is 14.5. The molecule has 4 nitrogen and oxygen atoms in total. The van der Waals surface area contributed by atoms with Gasteiger partial charge in [0.2, 0.25) is 0 Å². The van der Waals surface area contributed by atoms with Crippen molar-refractivity contribution in [2.24, 2.45) is 0 Å². The summed E-state index contributed by atoms with van der Waals surface area (Å²) in [5.74, 6) is 0. The summed E-state index contributed by atoms with van der Waals surface area (Å²) in [6.45, 7) is 0. The van der Waals surface area contributed by atoms with Crippen LogP contribution >= 0.6 is 23.5 Å². The Morgan fingerprint density at radius 2 is 1.50 bits per heavy atom. The van der Waals surface area contributed by atoms with E-state index < -0.39 is 7.60 Å². The number of nitrogens with zero attached hydrogens (tertiary/aromatic N) is 1. The van der Waals surface area contributed by atoms with Gasteiger partial charge in [-0.15, -0.1) is 0 Å². The fourth-order valence-corrected chi connectivity index (χ4v) is 3.90. The molecule has 0 amide bonds.